The van der Waals surface area contributed by atoms with Gasteiger partial charge in [-0.1, -0.05) is 13.8 Å². The second-order valence-corrected chi connectivity index (χ2v) is 5.44. The highest BCUT2D eigenvalue weighted by molar-refractivity contribution is 9.10. The molecular formula is C12H15BrN6O. The van der Waals surface area contributed by atoms with Gasteiger partial charge in [0.2, 0.25) is 0 Å². The molecule has 2 aromatic heterocycles. The second kappa shape index (κ2) is 6.08. The van der Waals surface area contributed by atoms with Crippen LogP contribution in [0.4, 0.5) is 0 Å². The Hall–Kier alpha value is -1.83. The van der Waals surface area contributed by atoms with E-state index in [1.807, 2.05) is 13.8 Å². The Balaban J connectivity index is 2.10. The van der Waals surface area contributed by atoms with E-state index in [1.165, 1.54) is 4.80 Å². The Kier molecular flexibility index (Phi) is 4.43. The number of carbonyl (C=O) groups is 1. The Bertz CT molecular complexity index is 624. The summed E-state index contributed by atoms with van der Waals surface area (Å²) in [5, 5.41) is 10.8. The summed E-state index contributed by atoms with van der Waals surface area (Å²) in [6, 6.07) is 0. The van der Waals surface area contributed by atoms with Crippen LogP contribution in [0.25, 0.3) is 0 Å². The van der Waals surface area contributed by atoms with E-state index in [-0.39, 0.29) is 11.8 Å². The Morgan fingerprint density at radius 3 is 2.80 bits per heavy atom. The van der Waals surface area contributed by atoms with Crippen molar-refractivity contribution in [1.29, 1.82) is 0 Å². The minimum absolute atomic E-state index is 0.162. The summed E-state index contributed by atoms with van der Waals surface area (Å²) in [7, 11) is 1.72. The van der Waals surface area contributed by atoms with Gasteiger partial charge in [0.25, 0.3) is 5.91 Å². The monoisotopic (exact) mass is 338 g/mol. The lowest BCUT2D eigenvalue weighted by Crippen LogP contribution is -2.25. The largest absolute Gasteiger partial charge is 0.345 e. The van der Waals surface area contributed by atoms with Crippen LogP contribution in [-0.4, -0.2) is 30.9 Å². The molecule has 0 aromatic carbocycles. The van der Waals surface area contributed by atoms with Gasteiger partial charge in [0, 0.05) is 19.2 Å². The van der Waals surface area contributed by atoms with E-state index >= 15 is 0 Å². The maximum absolute atomic E-state index is 12.1. The molecule has 0 bridgehead atoms. The Morgan fingerprint density at radius 2 is 2.20 bits per heavy atom. The molecule has 106 valence electrons. The topological polar surface area (TPSA) is 85.6 Å². The molecule has 0 spiro atoms. The number of hydrogen-bond donors (Lipinski definition) is 1. The van der Waals surface area contributed by atoms with E-state index in [9.17, 15) is 4.79 Å². The number of aryl methyl sites for hydroxylation is 1. The zero-order valence-corrected chi connectivity index (χ0v) is 13.0. The van der Waals surface area contributed by atoms with Crippen molar-refractivity contribution >= 4 is 21.8 Å². The Morgan fingerprint density at radius 1 is 1.45 bits per heavy atom. The van der Waals surface area contributed by atoms with Gasteiger partial charge in [0.05, 0.1) is 17.2 Å². The van der Waals surface area contributed by atoms with Gasteiger partial charge < -0.3 is 5.32 Å². The number of aromatic nitrogens is 5. The molecule has 2 heterocycles. The summed E-state index contributed by atoms with van der Waals surface area (Å²) in [6.45, 7) is 4.26. The first-order valence-corrected chi connectivity index (χ1v) is 6.92. The minimum atomic E-state index is -0.271. The van der Waals surface area contributed by atoms with Crippen LogP contribution >= 0.6 is 15.9 Å². The van der Waals surface area contributed by atoms with Gasteiger partial charge in [-0.3, -0.25) is 4.79 Å². The molecule has 0 fully saturated rings. The predicted octanol–water partition coefficient (Wildman–Crippen LogP) is 1.42. The van der Waals surface area contributed by atoms with Crippen molar-refractivity contribution in [1.82, 2.24) is 30.3 Å². The van der Waals surface area contributed by atoms with E-state index in [0.717, 1.165) is 0 Å². The number of amides is 1. The van der Waals surface area contributed by atoms with Gasteiger partial charge in [0.15, 0.2) is 0 Å². The molecule has 0 aliphatic carbocycles. The standard InChI is InChI=1S/C12H15BrN6O/c1-7(2)11-14-6-9(13)10(17-11)12(20)15-4-8-5-16-19(3)18-8/h5-7H,4H2,1-3H3,(H,15,20). The third-order valence-electron chi connectivity index (χ3n) is 2.57. The molecule has 0 unspecified atom stereocenters. The van der Waals surface area contributed by atoms with Gasteiger partial charge in [-0.15, -0.1) is 0 Å². The SMILES string of the molecule is CC(C)c1ncc(Br)c(C(=O)NCc2cnn(C)n2)n1. The highest BCUT2D eigenvalue weighted by Crippen LogP contribution is 2.16. The maximum atomic E-state index is 12.1. The summed E-state index contributed by atoms with van der Waals surface area (Å²) in [4.78, 5) is 22.0. The summed E-state index contributed by atoms with van der Waals surface area (Å²) < 4.78 is 0.568. The number of carbonyl (C=O) groups excluding carboxylic acids is 1. The molecule has 2 rings (SSSR count). The highest BCUT2D eigenvalue weighted by atomic mass is 79.9. The van der Waals surface area contributed by atoms with Crippen molar-refractivity contribution in [2.24, 2.45) is 7.05 Å². The van der Waals surface area contributed by atoms with Crippen molar-refractivity contribution in [2.75, 3.05) is 0 Å². The number of halogens is 1. The fourth-order valence-electron chi connectivity index (χ4n) is 1.54. The zero-order chi connectivity index (χ0) is 14.7. The van der Waals surface area contributed by atoms with Crippen molar-refractivity contribution < 1.29 is 4.79 Å². The van der Waals surface area contributed by atoms with Gasteiger partial charge in [0.1, 0.15) is 17.2 Å². The third-order valence-corrected chi connectivity index (χ3v) is 3.15. The van der Waals surface area contributed by atoms with E-state index in [1.54, 1.807) is 19.4 Å². The first-order chi connectivity index (χ1) is 9.47. The molecule has 8 heteroatoms. The third kappa shape index (κ3) is 3.38. The summed E-state index contributed by atoms with van der Waals surface area (Å²) in [5.74, 6) is 0.527. The number of hydrogen-bond acceptors (Lipinski definition) is 5. The van der Waals surface area contributed by atoms with Crippen LogP contribution in [0.2, 0.25) is 0 Å². The first-order valence-electron chi connectivity index (χ1n) is 6.13. The molecular weight excluding hydrogens is 324 g/mol. The van der Waals surface area contributed by atoms with Crippen LogP contribution in [0, 0.1) is 0 Å². The molecule has 0 saturated carbocycles. The van der Waals surface area contributed by atoms with Crippen LogP contribution in [0.3, 0.4) is 0 Å². The Labute approximate surface area is 124 Å². The number of nitrogens with one attached hydrogen (secondary N) is 1. The molecule has 0 saturated heterocycles. The van der Waals surface area contributed by atoms with Crippen LogP contribution in [0.15, 0.2) is 16.9 Å². The molecule has 0 aliphatic heterocycles. The minimum Gasteiger partial charge on any atom is -0.345 e. The lowest BCUT2D eigenvalue weighted by atomic mass is 10.2. The first kappa shape index (κ1) is 14.6. The summed E-state index contributed by atoms with van der Waals surface area (Å²) >= 11 is 3.29. The van der Waals surface area contributed by atoms with E-state index in [2.05, 4.69) is 41.4 Å². The normalized spacial score (nSPS) is 10.8. The lowest BCUT2D eigenvalue weighted by Gasteiger charge is -2.08. The molecule has 20 heavy (non-hydrogen) atoms. The van der Waals surface area contributed by atoms with Gasteiger partial charge in [-0.2, -0.15) is 15.0 Å². The second-order valence-electron chi connectivity index (χ2n) is 4.59. The van der Waals surface area contributed by atoms with Crippen molar-refractivity contribution in [2.45, 2.75) is 26.3 Å². The highest BCUT2D eigenvalue weighted by Gasteiger charge is 2.15. The van der Waals surface area contributed by atoms with Crippen molar-refractivity contribution in [3.8, 4) is 0 Å². The molecule has 2 aromatic rings. The van der Waals surface area contributed by atoms with Gasteiger partial charge in [-0.25, -0.2) is 9.97 Å². The van der Waals surface area contributed by atoms with E-state index in [0.29, 0.717) is 28.2 Å². The predicted molar refractivity (Wildman–Crippen MR) is 76.0 cm³/mol. The van der Waals surface area contributed by atoms with E-state index in [4.69, 9.17) is 0 Å². The average molecular weight is 339 g/mol. The number of nitrogens with zero attached hydrogens (tertiary/aromatic N) is 5. The van der Waals surface area contributed by atoms with Crippen molar-refractivity contribution in [3.63, 3.8) is 0 Å². The molecule has 1 N–H and O–H groups in total. The van der Waals surface area contributed by atoms with Crippen LogP contribution in [0.5, 0.6) is 0 Å². The fraction of sp³-hybridized carbons (Fsp3) is 0.417. The van der Waals surface area contributed by atoms with Gasteiger partial charge in [-0.05, 0) is 15.9 Å². The molecule has 1 amide bonds. The molecule has 0 radical (unpaired) electrons. The molecule has 0 atom stereocenters. The fourth-order valence-corrected chi connectivity index (χ4v) is 1.91. The molecule has 7 nitrogen and oxygen atoms in total. The van der Waals surface area contributed by atoms with Gasteiger partial charge >= 0.3 is 0 Å². The average Bonchev–Trinajstić information content (AvgIpc) is 2.82. The summed E-state index contributed by atoms with van der Waals surface area (Å²) in [5.41, 5.74) is 1.02. The quantitative estimate of drug-likeness (QED) is 0.911. The maximum Gasteiger partial charge on any atom is 0.271 e. The van der Waals surface area contributed by atoms with E-state index < -0.39 is 0 Å². The lowest BCUT2D eigenvalue weighted by molar-refractivity contribution is 0.0944. The van der Waals surface area contributed by atoms with Crippen LogP contribution in [-0.2, 0) is 13.6 Å². The summed E-state index contributed by atoms with van der Waals surface area (Å²) in [6.07, 6.45) is 3.20. The van der Waals surface area contributed by atoms with Crippen LogP contribution in [0.1, 0.15) is 41.8 Å². The molecule has 0 aliphatic rings. The number of rotatable bonds is 4. The van der Waals surface area contributed by atoms with Crippen molar-refractivity contribution in [3.05, 3.63) is 34.1 Å². The van der Waals surface area contributed by atoms with Crippen LogP contribution < -0.4 is 5.32 Å². The zero-order valence-electron chi connectivity index (χ0n) is 11.5. The smallest absolute Gasteiger partial charge is 0.271 e.